The minimum atomic E-state index is 0. The van der Waals surface area contributed by atoms with Gasteiger partial charge < -0.3 is 4.90 Å². The molecule has 0 saturated carbocycles. The quantitative estimate of drug-likeness (QED) is 0.513. The third-order valence-corrected chi connectivity index (χ3v) is 6.10. The molecule has 3 nitrogen and oxygen atoms in total. The molecule has 3 aromatic carbocycles. The lowest BCUT2D eigenvalue weighted by Crippen LogP contribution is -2.40. The van der Waals surface area contributed by atoms with Crippen LogP contribution in [0.15, 0.2) is 72.8 Å². The van der Waals surface area contributed by atoms with Crippen molar-refractivity contribution in [1.82, 2.24) is 9.80 Å². The third-order valence-electron chi connectivity index (χ3n) is 6.10. The molecule has 0 N–H and O–H groups in total. The zero-order valence-corrected chi connectivity index (χ0v) is 18.5. The molecule has 1 aliphatic rings. The molecule has 1 aliphatic heterocycles. The van der Waals surface area contributed by atoms with Crippen LogP contribution in [0.2, 0.25) is 0 Å². The largest absolute Gasteiger partial charge is 0.339 e. The summed E-state index contributed by atoms with van der Waals surface area (Å²) in [6, 6.07) is 25.0. The van der Waals surface area contributed by atoms with Crippen molar-refractivity contribution in [2.45, 2.75) is 26.3 Å². The molecule has 0 bridgehead atoms. The van der Waals surface area contributed by atoms with Crippen LogP contribution in [0.1, 0.15) is 35.7 Å². The first-order valence-electron chi connectivity index (χ1n) is 10.8. The summed E-state index contributed by atoms with van der Waals surface area (Å²) in [4.78, 5) is 17.7. The average molecular weight is 423 g/mol. The molecule has 0 atom stereocenters. The second kappa shape index (κ2) is 10.6. The number of likely N-dealkylation sites (tertiary alicyclic amines) is 1. The Hall–Kier alpha value is -2.36. The standard InChI is InChI=1S/C26H30N2O.ClH/c1-2-28(26(29)25-13-12-23-10-6-7-11-24(23)18-25)20-22-14-16-27(17-15-22)19-21-8-4-3-5-9-21;/h3-13,18,22H,2,14-17,19-20H2,1H3;1H. The van der Waals surface area contributed by atoms with E-state index in [1.807, 2.05) is 29.2 Å². The van der Waals surface area contributed by atoms with Gasteiger partial charge in [-0.05, 0) is 67.2 Å². The SMILES string of the molecule is CCN(CC1CCN(Cc2ccccc2)CC1)C(=O)c1ccc2ccccc2c1.Cl. The number of amides is 1. The number of carbonyl (C=O) groups is 1. The van der Waals surface area contributed by atoms with Crippen molar-refractivity contribution in [2.24, 2.45) is 5.92 Å². The molecule has 4 heteroatoms. The van der Waals surface area contributed by atoms with E-state index in [9.17, 15) is 4.79 Å². The maximum Gasteiger partial charge on any atom is 0.253 e. The Morgan fingerprint density at radius 1 is 0.933 bits per heavy atom. The fourth-order valence-electron chi connectivity index (χ4n) is 4.34. The minimum Gasteiger partial charge on any atom is -0.339 e. The van der Waals surface area contributed by atoms with Gasteiger partial charge in [0.1, 0.15) is 0 Å². The molecule has 0 unspecified atom stereocenters. The lowest BCUT2D eigenvalue weighted by atomic mass is 9.95. The van der Waals surface area contributed by atoms with Crippen LogP contribution < -0.4 is 0 Å². The highest BCUT2D eigenvalue weighted by Gasteiger charge is 2.23. The van der Waals surface area contributed by atoms with Gasteiger partial charge in [-0.25, -0.2) is 0 Å². The molecular formula is C26H31ClN2O. The summed E-state index contributed by atoms with van der Waals surface area (Å²) in [5, 5.41) is 2.31. The Morgan fingerprint density at radius 3 is 2.30 bits per heavy atom. The normalized spacial score (nSPS) is 15.0. The lowest BCUT2D eigenvalue weighted by molar-refractivity contribution is 0.0699. The molecule has 1 saturated heterocycles. The molecule has 3 aromatic rings. The molecule has 0 spiro atoms. The fourth-order valence-corrected chi connectivity index (χ4v) is 4.34. The van der Waals surface area contributed by atoms with Gasteiger partial charge in [0.05, 0.1) is 0 Å². The summed E-state index contributed by atoms with van der Waals surface area (Å²) in [6.45, 7) is 6.96. The Kier molecular flexibility index (Phi) is 7.89. The Bertz CT molecular complexity index is 951. The maximum atomic E-state index is 13.1. The summed E-state index contributed by atoms with van der Waals surface area (Å²) in [7, 11) is 0. The third kappa shape index (κ3) is 5.41. The molecule has 30 heavy (non-hydrogen) atoms. The maximum absolute atomic E-state index is 13.1. The van der Waals surface area contributed by atoms with E-state index < -0.39 is 0 Å². The summed E-state index contributed by atoms with van der Waals surface area (Å²) in [6.07, 6.45) is 2.32. The van der Waals surface area contributed by atoms with E-state index in [0.717, 1.165) is 56.5 Å². The van der Waals surface area contributed by atoms with E-state index in [1.54, 1.807) is 0 Å². The smallest absolute Gasteiger partial charge is 0.253 e. The van der Waals surface area contributed by atoms with E-state index in [4.69, 9.17) is 0 Å². The predicted octanol–water partition coefficient (Wildman–Crippen LogP) is 5.64. The average Bonchev–Trinajstić information content (AvgIpc) is 2.78. The van der Waals surface area contributed by atoms with Crippen molar-refractivity contribution in [1.29, 1.82) is 0 Å². The number of halogens is 1. The van der Waals surface area contributed by atoms with Gasteiger partial charge in [0.15, 0.2) is 0 Å². The van der Waals surface area contributed by atoms with Crippen LogP contribution in [0.3, 0.4) is 0 Å². The molecule has 1 fully saturated rings. The molecule has 4 rings (SSSR count). The summed E-state index contributed by atoms with van der Waals surface area (Å²) in [5.41, 5.74) is 2.18. The fraction of sp³-hybridized carbons (Fsp3) is 0.346. The van der Waals surface area contributed by atoms with Gasteiger partial charge in [0.2, 0.25) is 0 Å². The first-order valence-corrected chi connectivity index (χ1v) is 10.8. The van der Waals surface area contributed by atoms with Gasteiger partial charge >= 0.3 is 0 Å². The molecule has 1 heterocycles. The molecular weight excluding hydrogens is 392 g/mol. The number of carbonyl (C=O) groups excluding carboxylic acids is 1. The Balaban J connectivity index is 0.00000256. The lowest BCUT2D eigenvalue weighted by Gasteiger charge is -2.34. The molecule has 0 aromatic heterocycles. The van der Waals surface area contributed by atoms with Crippen LogP contribution in [-0.2, 0) is 6.54 Å². The van der Waals surface area contributed by atoms with Gasteiger partial charge in [0, 0.05) is 25.2 Å². The number of rotatable bonds is 6. The topological polar surface area (TPSA) is 23.6 Å². The molecule has 0 aliphatic carbocycles. The summed E-state index contributed by atoms with van der Waals surface area (Å²) >= 11 is 0. The van der Waals surface area contributed by atoms with Crippen LogP contribution in [0.25, 0.3) is 10.8 Å². The number of nitrogens with zero attached hydrogens (tertiary/aromatic N) is 2. The highest BCUT2D eigenvalue weighted by atomic mass is 35.5. The van der Waals surface area contributed by atoms with Gasteiger partial charge in [-0.3, -0.25) is 9.69 Å². The van der Waals surface area contributed by atoms with Gasteiger partial charge in [0.25, 0.3) is 5.91 Å². The molecule has 0 radical (unpaired) electrons. The molecule has 158 valence electrons. The van der Waals surface area contributed by atoms with E-state index in [1.165, 1.54) is 10.9 Å². The zero-order valence-electron chi connectivity index (χ0n) is 17.7. The van der Waals surface area contributed by atoms with Crippen LogP contribution in [0.4, 0.5) is 0 Å². The van der Waals surface area contributed by atoms with Crippen LogP contribution >= 0.6 is 12.4 Å². The minimum absolute atomic E-state index is 0. The second-order valence-corrected chi connectivity index (χ2v) is 8.11. The monoisotopic (exact) mass is 422 g/mol. The van der Waals surface area contributed by atoms with Crippen molar-refractivity contribution in [3.05, 3.63) is 83.9 Å². The van der Waals surface area contributed by atoms with Gasteiger partial charge in [-0.1, -0.05) is 60.7 Å². The van der Waals surface area contributed by atoms with Gasteiger partial charge in [-0.2, -0.15) is 0 Å². The summed E-state index contributed by atoms with van der Waals surface area (Å²) in [5.74, 6) is 0.747. The van der Waals surface area contributed by atoms with E-state index in [2.05, 4.69) is 60.4 Å². The van der Waals surface area contributed by atoms with E-state index in [-0.39, 0.29) is 18.3 Å². The van der Waals surface area contributed by atoms with Crippen molar-refractivity contribution in [3.63, 3.8) is 0 Å². The van der Waals surface area contributed by atoms with Gasteiger partial charge in [-0.15, -0.1) is 12.4 Å². The predicted molar refractivity (Wildman–Crippen MR) is 127 cm³/mol. The van der Waals surface area contributed by atoms with Crippen molar-refractivity contribution in [3.8, 4) is 0 Å². The second-order valence-electron chi connectivity index (χ2n) is 8.11. The number of piperidine rings is 1. The molecule has 1 amide bonds. The first kappa shape index (κ1) is 22.3. The zero-order chi connectivity index (χ0) is 20.1. The number of benzene rings is 3. The van der Waals surface area contributed by atoms with Crippen LogP contribution in [-0.4, -0.2) is 41.9 Å². The van der Waals surface area contributed by atoms with Crippen molar-refractivity contribution >= 4 is 29.1 Å². The van der Waals surface area contributed by atoms with E-state index >= 15 is 0 Å². The van der Waals surface area contributed by atoms with Crippen LogP contribution in [0, 0.1) is 5.92 Å². The Morgan fingerprint density at radius 2 is 1.60 bits per heavy atom. The first-order chi connectivity index (χ1) is 14.2. The number of hydrogen-bond acceptors (Lipinski definition) is 2. The number of hydrogen-bond donors (Lipinski definition) is 0. The van der Waals surface area contributed by atoms with Crippen molar-refractivity contribution < 1.29 is 4.79 Å². The van der Waals surface area contributed by atoms with Crippen molar-refractivity contribution in [2.75, 3.05) is 26.2 Å². The van der Waals surface area contributed by atoms with Crippen LogP contribution in [0.5, 0.6) is 0 Å². The highest BCUT2D eigenvalue weighted by Crippen LogP contribution is 2.22. The Labute approximate surface area is 186 Å². The van der Waals surface area contributed by atoms with E-state index in [0.29, 0.717) is 5.92 Å². The summed E-state index contributed by atoms with van der Waals surface area (Å²) < 4.78 is 0. The highest BCUT2D eigenvalue weighted by molar-refractivity contribution is 5.98. The number of fused-ring (bicyclic) bond motifs is 1.